The van der Waals surface area contributed by atoms with Crippen LogP contribution in [0.5, 0.6) is 0 Å². The Kier molecular flexibility index (Phi) is 7.15. The molecule has 0 aliphatic carbocycles. The van der Waals surface area contributed by atoms with Gasteiger partial charge in [-0.25, -0.2) is 8.42 Å². The van der Waals surface area contributed by atoms with E-state index in [9.17, 15) is 8.42 Å². The zero-order chi connectivity index (χ0) is 15.0. The topological polar surface area (TPSA) is 72.6 Å². The molecule has 6 heteroatoms. The van der Waals surface area contributed by atoms with Gasteiger partial charge in [-0.3, -0.25) is 0 Å². The number of hydrogen-bond acceptors (Lipinski definition) is 5. The van der Waals surface area contributed by atoms with E-state index in [1.807, 2.05) is 24.9 Å². The summed E-state index contributed by atoms with van der Waals surface area (Å²) in [6.45, 7) is 4.80. The van der Waals surface area contributed by atoms with Crippen molar-refractivity contribution in [3.63, 3.8) is 0 Å². The quantitative estimate of drug-likeness (QED) is 0.686. The van der Waals surface area contributed by atoms with Crippen molar-refractivity contribution in [2.24, 2.45) is 5.73 Å². The number of sulfone groups is 1. The van der Waals surface area contributed by atoms with Crippen LogP contribution in [-0.4, -0.2) is 52.4 Å². The molecule has 1 aromatic rings. The van der Waals surface area contributed by atoms with Gasteiger partial charge in [0.1, 0.15) is 0 Å². The van der Waals surface area contributed by atoms with Crippen LogP contribution in [0.2, 0.25) is 0 Å². The molecule has 5 nitrogen and oxygen atoms in total. The molecule has 0 saturated carbocycles. The average molecular weight is 300 g/mol. The number of hydrogen-bond donors (Lipinski definition) is 1. The summed E-state index contributed by atoms with van der Waals surface area (Å²) in [6, 6.07) is 6.82. The van der Waals surface area contributed by atoms with Crippen molar-refractivity contribution in [1.29, 1.82) is 0 Å². The predicted molar refractivity (Wildman–Crippen MR) is 80.4 cm³/mol. The second kappa shape index (κ2) is 8.36. The number of benzene rings is 1. The number of rotatable bonds is 9. The van der Waals surface area contributed by atoms with Gasteiger partial charge in [-0.2, -0.15) is 0 Å². The molecule has 20 heavy (non-hydrogen) atoms. The molecular weight excluding hydrogens is 276 g/mol. The van der Waals surface area contributed by atoms with Crippen LogP contribution < -0.4 is 5.73 Å². The maximum atomic E-state index is 12.2. The van der Waals surface area contributed by atoms with Gasteiger partial charge in [0.15, 0.2) is 9.84 Å². The van der Waals surface area contributed by atoms with Crippen molar-refractivity contribution < 1.29 is 13.2 Å². The smallest absolute Gasteiger partial charge is 0.179 e. The van der Waals surface area contributed by atoms with Gasteiger partial charge < -0.3 is 15.4 Å². The van der Waals surface area contributed by atoms with E-state index in [4.69, 9.17) is 10.5 Å². The molecule has 0 aliphatic heterocycles. The van der Waals surface area contributed by atoms with Crippen molar-refractivity contribution in [1.82, 2.24) is 4.90 Å². The lowest BCUT2D eigenvalue weighted by Gasteiger charge is -2.16. The van der Waals surface area contributed by atoms with E-state index in [-0.39, 0.29) is 5.75 Å². The summed E-state index contributed by atoms with van der Waals surface area (Å²) in [7, 11) is -1.36. The van der Waals surface area contributed by atoms with Gasteiger partial charge in [-0.05, 0) is 31.7 Å². The summed E-state index contributed by atoms with van der Waals surface area (Å²) < 4.78 is 29.7. The van der Waals surface area contributed by atoms with Crippen molar-refractivity contribution in [3.8, 4) is 0 Å². The van der Waals surface area contributed by atoms with E-state index in [0.29, 0.717) is 31.2 Å². The summed E-state index contributed by atoms with van der Waals surface area (Å²) >= 11 is 0. The molecule has 114 valence electrons. The van der Waals surface area contributed by atoms with Crippen LogP contribution in [-0.2, 0) is 21.1 Å². The Balaban J connectivity index is 2.56. The number of likely N-dealkylation sites (N-methyl/N-ethyl adjacent to an activating group) is 1. The SMILES string of the molecule is CCOCCN(C)CCS(=O)(=O)c1cccc(CN)c1. The van der Waals surface area contributed by atoms with Crippen LogP contribution in [0.25, 0.3) is 0 Å². The summed E-state index contributed by atoms with van der Waals surface area (Å²) in [4.78, 5) is 2.30. The molecule has 2 N–H and O–H groups in total. The van der Waals surface area contributed by atoms with E-state index < -0.39 is 9.84 Å². The third kappa shape index (κ3) is 5.58. The third-order valence-corrected chi connectivity index (χ3v) is 4.75. The molecule has 1 rings (SSSR count). The summed E-state index contributed by atoms with van der Waals surface area (Å²) in [5.41, 5.74) is 6.36. The minimum absolute atomic E-state index is 0.101. The molecule has 0 aliphatic rings. The van der Waals surface area contributed by atoms with Crippen molar-refractivity contribution in [2.75, 3.05) is 39.1 Å². The van der Waals surface area contributed by atoms with E-state index in [2.05, 4.69) is 0 Å². The van der Waals surface area contributed by atoms with Crippen LogP contribution in [0.4, 0.5) is 0 Å². The minimum atomic E-state index is -3.26. The molecule has 0 heterocycles. The fourth-order valence-corrected chi connectivity index (χ4v) is 3.14. The third-order valence-electron chi connectivity index (χ3n) is 3.06. The minimum Gasteiger partial charge on any atom is -0.380 e. The van der Waals surface area contributed by atoms with Gasteiger partial charge in [0.05, 0.1) is 17.3 Å². The van der Waals surface area contributed by atoms with Gasteiger partial charge >= 0.3 is 0 Å². The van der Waals surface area contributed by atoms with E-state index >= 15 is 0 Å². The Morgan fingerprint density at radius 2 is 2.05 bits per heavy atom. The maximum absolute atomic E-state index is 12.2. The Hall–Kier alpha value is -0.950. The lowest BCUT2D eigenvalue weighted by atomic mass is 10.2. The standard InChI is InChI=1S/C14H24N2O3S/c1-3-19-9-7-16(2)8-10-20(17,18)14-6-4-5-13(11-14)12-15/h4-6,11H,3,7-10,12,15H2,1-2H3. The molecular formula is C14H24N2O3S. The molecule has 0 fully saturated rings. The zero-order valence-corrected chi connectivity index (χ0v) is 13.0. The van der Waals surface area contributed by atoms with Crippen LogP contribution in [0.3, 0.4) is 0 Å². The number of ether oxygens (including phenoxy) is 1. The number of nitrogens with two attached hydrogens (primary N) is 1. The molecule has 0 aromatic heterocycles. The molecule has 0 bridgehead atoms. The maximum Gasteiger partial charge on any atom is 0.179 e. The predicted octanol–water partition coefficient (Wildman–Crippen LogP) is 0.887. The van der Waals surface area contributed by atoms with Crippen LogP contribution in [0.1, 0.15) is 12.5 Å². The number of nitrogens with zero attached hydrogens (tertiary/aromatic N) is 1. The summed E-state index contributed by atoms with van der Waals surface area (Å²) in [6.07, 6.45) is 0. The molecule has 0 radical (unpaired) electrons. The van der Waals surface area contributed by atoms with Gasteiger partial charge in [0, 0.05) is 26.2 Å². The first kappa shape index (κ1) is 17.1. The van der Waals surface area contributed by atoms with Gasteiger partial charge in [-0.1, -0.05) is 12.1 Å². The van der Waals surface area contributed by atoms with Crippen molar-refractivity contribution in [3.05, 3.63) is 29.8 Å². The Labute approximate surface area is 121 Å². The van der Waals surface area contributed by atoms with Crippen molar-refractivity contribution >= 4 is 9.84 Å². The normalized spacial score (nSPS) is 12.0. The summed E-state index contributed by atoms with van der Waals surface area (Å²) in [5, 5.41) is 0. The van der Waals surface area contributed by atoms with Gasteiger partial charge in [-0.15, -0.1) is 0 Å². The van der Waals surface area contributed by atoms with Crippen LogP contribution >= 0.6 is 0 Å². The Morgan fingerprint density at radius 3 is 2.70 bits per heavy atom. The Bertz CT molecular complexity index is 503. The molecule has 0 amide bonds. The summed E-state index contributed by atoms with van der Waals surface area (Å²) in [5.74, 6) is 0.101. The first-order valence-electron chi connectivity index (χ1n) is 6.77. The molecule has 0 spiro atoms. The monoisotopic (exact) mass is 300 g/mol. The van der Waals surface area contributed by atoms with Crippen molar-refractivity contribution in [2.45, 2.75) is 18.4 Å². The van der Waals surface area contributed by atoms with E-state index in [1.54, 1.807) is 18.2 Å². The highest BCUT2D eigenvalue weighted by Gasteiger charge is 2.15. The first-order valence-corrected chi connectivity index (χ1v) is 8.43. The second-order valence-corrected chi connectivity index (χ2v) is 6.78. The fraction of sp³-hybridized carbons (Fsp3) is 0.571. The fourth-order valence-electron chi connectivity index (χ4n) is 1.74. The average Bonchev–Trinajstić information content (AvgIpc) is 2.45. The van der Waals surface area contributed by atoms with E-state index in [1.165, 1.54) is 0 Å². The van der Waals surface area contributed by atoms with E-state index in [0.717, 1.165) is 12.1 Å². The first-order chi connectivity index (χ1) is 9.49. The lowest BCUT2D eigenvalue weighted by Crippen LogP contribution is -2.29. The Morgan fingerprint density at radius 1 is 1.30 bits per heavy atom. The highest BCUT2D eigenvalue weighted by atomic mass is 32.2. The highest BCUT2D eigenvalue weighted by Crippen LogP contribution is 2.13. The highest BCUT2D eigenvalue weighted by molar-refractivity contribution is 7.91. The lowest BCUT2D eigenvalue weighted by molar-refractivity contribution is 0.124. The second-order valence-electron chi connectivity index (χ2n) is 4.67. The van der Waals surface area contributed by atoms with Crippen LogP contribution in [0, 0.1) is 0 Å². The van der Waals surface area contributed by atoms with Crippen LogP contribution in [0.15, 0.2) is 29.2 Å². The zero-order valence-electron chi connectivity index (χ0n) is 12.2. The van der Waals surface area contributed by atoms with Gasteiger partial charge in [0.25, 0.3) is 0 Å². The molecule has 0 unspecified atom stereocenters. The molecule has 0 saturated heterocycles. The largest absolute Gasteiger partial charge is 0.380 e. The molecule has 0 atom stereocenters. The molecule has 1 aromatic carbocycles. The van der Waals surface area contributed by atoms with Gasteiger partial charge in [0.2, 0.25) is 0 Å².